The van der Waals surface area contributed by atoms with Gasteiger partial charge in [0.15, 0.2) is 0 Å². The summed E-state index contributed by atoms with van der Waals surface area (Å²) in [4.78, 5) is 24.9. The van der Waals surface area contributed by atoms with Crippen molar-refractivity contribution in [1.29, 1.82) is 0 Å². The van der Waals surface area contributed by atoms with Crippen molar-refractivity contribution in [1.82, 2.24) is 9.55 Å². The molecule has 2 unspecified atom stereocenters. The van der Waals surface area contributed by atoms with Crippen molar-refractivity contribution >= 4 is 22.3 Å². The number of nitrogen functional groups attached to an aromatic ring is 1. The molecule has 0 bridgehead atoms. The maximum atomic E-state index is 11.5. The van der Waals surface area contributed by atoms with Crippen LogP contribution in [0.2, 0.25) is 0 Å². The van der Waals surface area contributed by atoms with Crippen LogP contribution in [0.25, 0.3) is 0 Å². The van der Waals surface area contributed by atoms with E-state index in [0.29, 0.717) is 6.54 Å². The number of anilines is 2. The van der Waals surface area contributed by atoms with Crippen molar-refractivity contribution in [3.63, 3.8) is 0 Å². The molecule has 1 aromatic rings. The highest BCUT2D eigenvalue weighted by molar-refractivity contribution is 7.84. The summed E-state index contributed by atoms with van der Waals surface area (Å²) in [6.45, 7) is 2.13. The first-order valence-corrected chi connectivity index (χ1v) is 6.61. The molecule has 0 aliphatic carbocycles. The highest BCUT2D eigenvalue weighted by Gasteiger charge is 2.12. The predicted octanol–water partition coefficient (Wildman–Crippen LogP) is -1.17. The number of hydrogen-bond acceptors (Lipinski definition) is 5. The summed E-state index contributed by atoms with van der Waals surface area (Å²) in [6, 6.07) is 0. The molecule has 0 radical (unpaired) electrons. The number of aromatic amines is 1. The average molecular weight is 260 g/mol. The van der Waals surface area contributed by atoms with Gasteiger partial charge in [-0.25, -0.2) is 4.79 Å². The maximum absolute atomic E-state index is 11.5. The van der Waals surface area contributed by atoms with Gasteiger partial charge in [0, 0.05) is 35.9 Å². The summed E-state index contributed by atoms with van der Waals surface area (Å²) in [5.41, 5.74) is 4.65. The molecule has 0 aliphatic rings. The van der Waals surface area contributed by atoms with E-state index in [4.69, 9.17) is 5.73 Å². The molecule has 1 heterocycles. The quantitative estimate of drug-likeness (QED) is 0.632. The van der Waals surface area contributed by atoms with Gasteiger partial charge in [-0.3, -0.25) is 18.6 Å². The highest BCUT2D eigenvalue weighted by Crippen LogP contribution is 2.08. The number of aromatic nitrogens is 2. The summed E-state index contributed by atoms with van der Waals surface area (Å²) in [5, 5.41) is 2.69. The predicted molar refractivity (Wildman–Crippen MR) is 68.7 cm³/mol. The molecule has 7 nitrogen and oxygen atoms in total. The van der Waals surface area contributed by atoms with Gasteiger partial charge in [0.1, 0.15) is 11.5 Å². The largest absolute Gasteiger partial charge is 0.383 e. The first-order valence-electron chi connectivity index (χ1n) is 4.99. The number of nitrogens with one attached hydrogen (secondary N) is 2. The van der Waals surface area contributed by atoms with Crippen LogP contribution in [0.3, 0.4) is 0 Å². The van der Waals surface area contributed by atoms with Crippen LogP contribution in [0.15, 0.2) is 9.59 Å². The van der Waals surface area contributed by atoms with Crippen molar-refractivity contribution < 1.29 is 4.21 Å². The van der Waals surface area contributed by atoms with E-state index in [9.17, 15) is 13.8 Å². The number of rotatable bonds is 4. The van der Waals surface area contributed by atoms with E-state index in [1.807, 2.05) is 0 Å². The SMILES string of the molecule is CC(CNc1c(N)n(C)c(=O)[nH]c1=O)S(C)=O. The molecule has 0 fully saturated rings. The molecule has 0 saturated heterocycles. The molecule has 1 rings (SSSR count). The van der Waals surface area contributed by atoms with Gasteiger partial charge < -0.3 is 11.1 Å². The molecule has 4 N–H and O–H groups in total. The Hall–Kier alpha value is -1.57. The lowest BCUT2D eigenvalue weighted by Crippen LogP contribution is -2.34. The summed E-state index contributed by atoms with van der Waals surface area (Å²) in [6.07, 6.45) is 1.58. The molecular formula is C9H16N4O3S. The summed E-state index contributed by atoms with van der Waals surface area (Å²) in [5.74, 6) is 0.0628. The van der Waals surface area contributed by atoms with E-state index >= 15 is 0 Å². The fourth-order valence-corrected chi connectivity index (χ4v) is 1.49. The Labute approximate surface area is 100 Å². The Balaban J connectivity index is 3.00. The van der Waals surface area contributed by atoms with Crippen LogP contribution in [0.1, 0.15) is 6.92 Å². The van der Waals surface area contributed by atoms with Gasteiger partial charge in [-0.1, -0.05) is 0 Å². The van der Waals surface area contributed by atoms with E-state index < -0.39 is 22.0 Å². The van der Waals surface area contributed by atoms with Gasteiger partial charge in [0.2, 0.25) is 0 Å². The van der Waals surface area contributed by atoms with Crippen LogP contribution < -0.4 is 22.3 Å². The van der Waals surface area contributed by atoms with Crippen LogP contribution in [0.4, 0.5) is 11.5 Å². The monoisotopic (exact) mass is 260 g/mol. The topological polar surface area (TPSA) is 110 Å². The van der Waals surface area contributed by atoms with Crippen LogP contribution in [-0.2, 0) is 17.8 Å². The second-order valence-corrected chi connectivity index (χ2v) is 5.57. The zero-order chi connectivity index (χ0) is 13.2. The fourth-order valence-electron chi connectivity index (χ4n) is 1.17. The summed E-state index contributed by atoms with van der Waals surface area (Å²) >= 11 is 0. The molecule has 0 aromatic carbocycles. The lowest BCUT2D eigenvalue weighted by Gasteiger charge is -2.13. The second kappa shape index (κ2) is 5.17. The Morgan fingerprint density at radius 3 is 2.65 bits per heavy atom. The van der Waals surface area contributed by atoms with Crippen LogP contribution in [0, 0.1) is 0 Å². The van der Waals surface area contributed by atoms with E-state index in [1.165, 1.54) is 7.05 Å². The number of H-pyrrole nitrogens is 1. The lowest BCUT2D eigenvalue weighted by atomic mass is 10.4. The zero-order valence-corrected chi connectivity index (χ0v) is 10.8. The minimum atomic E-state index is -0.991. The van der Waals surface area contributed by atoms with Crippen molar-refractivity contribution in [2.45, 2.75) is 12.2 Å². The zero-order valence-electron chi connectivity index (χ0n) is 9.94. The standard InChI is InChI=1S/C9H16N4O3S/c1-5(17(3)16)4-11-6-7(10)13(2)9(15)12-8(6)14/h5,11H,4,10H2,1-3H3,(H,12,14,15). The Bertz CT molecular complexity index is 548. The van der Waals surface area contributed by atoms with Crippen LogP contribution in [-0.4, -0.2) is 31.8 Å². The van der Waals surface area contributed by atoms with Gasteiger partial charge in [-0.05, 0) is 6.92 Å². The molecule has 0 spiro atoms. The molecule has 0 amide bonds. The molecule has 2 atom stereocenters. The van der Waals surface area contributed by atoms with Gasteiger partial charge in [-0.2, -0.15) is 0 Å². The van der Waals surface area contributed by atoms with Crippen molar-refractivity contribution in [2.75, 3.05) is 23.9 Å². The Kier molecular flexibility index (Phi) is 4.11. The third-order valence-electron chi connectivity index (χ3n) is 2.50. The molecule has 0 aliphatic heterocycles. The molecule has 17 heavy (non-hydrogen) atoms. The molecule has 1 aromatic heterocycles. The third kappa shape index (κ3) is 2.96. The van der Waals surface area contributed by atoms with Crippen molar-refractivity contribution in [3.8, 4) is 0 Å². The van der Waals surface area contributed by atoms with E-state index in [1.54, 1.807) is 13.2 Å². The average Bonchev–Trinajstić information content (AvgIpc) is 2.25. The second-order valence-electron chi connectivity index (χ2n) is 3.77. The van der Waals surface area contributed by atoms with Gasteiger partial charge in [0.25, 0.3) is 5.56 Å². The van der Waals surface area contributed by atoms with Gasteiger partial charge in [-0.15, -0.1) is 0 Å². The normalized spacial score (nSPS) is 14.3. The van der Waals surface area contributed by atoms with Crippen molar-refractivity contribution in [2.24, 2.45) is 7.05 Å². The molecule has 8 heteroatoms. The van der Waals surface area contributed by atoms with Crippen molar-refractivity contribution in [3.05, 3.63) is 20.8 Å². The Morgan fingerprint density at radius 2 is 2.12 bits per heavy atom. The summed E-state index contributed by atoms with van der Waals surface area (Å²) < 4.78 is 12.3. The summed E-state index contributed by atoms with van der Waals surface area (Å²) in [7, 11) is 0.467. The van der Waals surface area contributed by atoms with E-state index in [-0.39, 0.29) is 16.8 Å². The first kappa shape index (κ1) is 13.5. The number of nitrogens with two attached hydrogens (primary N) is 1. The molecular weight excluding hydrogens is 244 g/mol. The van der Waals surface area contributed by atoms with Crippen LogP contribution >= 0.6 is 0 Å². The number of nitrogens with zero attached hydrogens (tertiary/aromatic N) is 1. The van der Waals surface area contributed by atoms with Gasteiger partial charge in [0.05, 0.1) is 0 Å². The minimum Gasteiger partial charge on any atom is -0.383 e. The van der Waals surface area contributed by atoms with Crippen LogP contribution in [0.5, 0.6) is 0 Å². The third-order valence-corrected chi connectivity index (χ3v) is 3.80. The molecule has 0 saturated carbocycles. The number of hydrogen-bond donors (Lipinski definition) is 3. The molecule has 96 valence electrons. The minimum absolute atomic E-state index is 0.0628. The maximum Gasteiger partial charge on any atom is 0.329 e. The fraction of sp³-hybridized carbons (Fsp3) is 0.556. The van der Waals surface area contributed by atoms with Gasteiger partial charge >= 0.3 is 5.69 Å². The van der Waals surface area contributed by atoms with E-state index in [0.717, 1.165) is 4.57 Å². The van der Waals surface area contributed by atoms with E-state index in [2.05, 4.69) is 10.3 Å². The highest BCUT2D eigenvalue weighted by atomic mass is 32.2. The first-order chi connectivity index (χ1) is 7.84. The Morgan fingerprint density at radius 1 is 1.53 bits per heavy atom. The smallest absolute Gasteiger partial charge is 0.329 e. The lowest BCUT2D eigenvalue weighted by molar-refractivity contribution is 0.678.